The van der Waals surface area contributed by atoms with Crippen molar-refractivity contribution in [3.63, 3.8) is 0 Å². The SMILES string of the molecule is COP(=O)(OC)C1C=CC(=O)O1. The maximum atomic E-state index is 11.5. The highest BCUT2D eigenvalue weighted by atomic mass is 31.2. The van der Waals surface area contributed by atoms with E-state index in [0.29, 0.717) is 0 Å². The third-order valence-electron chi connectivity index (χ3n) is 1.45. The van der Waals surface area contributed by atoms with Crippen LogP contribution in [0.2, 0.25) is 0 Å². The maximum Gasteiger partial charge on any atom is 0.374 e. The monoisotopic (exact) mass is 192 g/mol. The van der Waals surface area contributed by atoms with Crippen LogP contribution in [0.5, 0.6) is 0 Å². The number of esters is 1. The molecule has 0 radical (unpaired) electrons. The van der Waals surface area contributed by atoms with Gasteiger partial charge in [-0.2, -0.15) is 0 Å². The fourth-order valence-corrected chi connectivity index (χ4v) is 1.91. The highest BCUT2D eigenvalue weighted by Crippen LogP contribution is 2.53. The van der Waals surface area contributed by atoms with Gasteiger partial charge in [-0.15, -0.1) is 0 Å². The van der Waals surface area contributed by atoms with E-state index in [1.54, 1.807) is 0 Å². The van der Waals surface area contributed by atoms with E-state index >= 15 is 0 Å². The van der Waals surface area contributed by atoms with Crippen LogP contribution in [0, 0.1) is 0 Å². The molecule has 0 N–H and O–H groups in total. The standard InChI is InChI=1S/C6H9O5P/c1-9-12(8,10-2)6-4-3-5(7)11-6/h3-4,6H,1-2H3. The molecule has 6 heteroatoms. The van der Waals surface area contributed by atoms with Gasteiger partial charge >= 0.3 is 13.6 Å². The normalized spacial score (nSPS) is 22.8. The molecule has 1 aliphatic heterocycles. The molecule has 12 heavy (non-hydrogen) atoms. The second-order valence-electron chi connectivity index (χ2n) is 2.09. The second kappa shape index (κ2) is 3.39. The lowest BCUT2D eigenvalue weighted by atomic mass is 10.6. The number of carbonyl (C=O) groups excluding carboxylic acids is 1. The molecule has 5 nitrogen and oxygen atoms in total. The summed E-state index contributed by atoms with van der Waals surface area (Å²) in [5, 5.41) is 0. The van der Waals surface area contributed by atoms with Crippen molar-refractivity contribution in [2.75, 3.05) is 14.2 Å². The molecule has 0 aromatic heterocycles. The summed E-state index contributed by atoms with van der Waals surface area (Å²) >= 11 is 0. The minimum absolute atomic E-state index is 0.533. The minimum atomic E-state index is -3.30. The number of hydrogen-bond acceptors (Lipinski definition) is 5. The van der Waals surface area contributed by atoms with Gasteiger partial charge in [0.1, 0.15) is 0 Å². The van der Waals surface area contributed by atoms with Crippen LogP contribution in [0.1, 0.15) is 0 Å². The highest BCUT2D eigenvalue weighted by Gasteiger charge is 2.37. The van der Waals surface area contributed by atoms with E-state index in [1.807, 2.05) is 0 Å². The first-order valence-corrected chi connectivity index (χ1v) is 4.83. The summed E-state index contributed by atoms with van der Waals surface area (Å²) in [7, 11) is -0.815. The average Bonchev–Trinajstić information content (AvgIpc) is 2.51. The van der Waals surface area contributed by atoms with E-state index in [2.05, 4.69) is 13.8 Å². The van der Waals surface area contributed by atoms with E-state index in [9.17, 15) is 9.36 Å². The molecule has 0 spiro atoms. The Morgan fingerprint density at radius 3 is 2.42 bits per heavy atom. The number of cyclic esters (lactones) is 1. The van der Waals surface area contributed by atoms with Crippen molar-refractivity contribution in [2.45, 2.75) is 5.85 Å². The van der Waals surface area contributed by atoms with Crippen molar-refractivity contribution in [1.82, 2.24) is 0 Å². The molecular weight excluding hydrogens is 183 g/mol. The van der Waals surface area contributed by atoms with Gasteiger partial charge in [0.25, 0.3) is 0 Å². The maximum absolute atomic E-state index is 11.5. The fourth-order valence-electron chi connectivity index (χ4n) is 0.811. The molecule has 0 fully saturated rings. The van der Waals surface area contributed by atoms with Crippen molar-refractivity contribution >= 4 is 13.6 Å². The predicted octanol–water partition coefficient (Wildman–Crippen LogP) is 0.911. The lowest BCUT2D eigenvalue weighted by Gasteiger charge is -2.17. The van der Waals surface area contributed by atoms with Gasteiger partial charge < -0.3 is 13.8 Å². The topological polar surface area (TPSA) is 61.8 Å². The van der Waals surface area contributed by atoms with Crippen LogP contribution in [0.15, 0.2) is 12.2 Å². The zero-order chi connectivity index (χ0) is 9.19. The van der Waals surface area contributed by atoms with Crippen molar-refractivity contribution in [2.24, 2.45) is 0 Å². The molecule has 0 saturated heterocycles. The largest absolute Gasteiger partial charge is 0.442 e. The molecule has 0 bridgehead atoms. The van der Waals surface area contributed by atoms with Crippen molar-refractivity contribution in [3.8, 4) is 0 Å². The van der Waals surface area contributed by atoms with E-state index in [4.69, 9.17) is 0 Å². The predicted molar refractivity (Wildman–Crippen MR) is 40.6 cm³/mol. The molecule has 0 aromatic carbocycles. The van der Waals surface area contributed by atoms with Crippen LogP contribution >= 0.6 is 7.60 Å². The van der Waals surface area contributed by atoms with Gasteiger partial charge in [-0.05, 0) is 6.08 Å². The van der Waals surface area contributed by atoms with Crippen LogP contribution in [0.25, 0.3) is 0 Å². The molecule has 0 amide bonds. The Labute approximate surface area is 69.8 Å². The third kappa shape index (κ3) is 1.58. The molecule has 0 aliphatic carbocycles. The lowest BCUT2D eigenvalue weighted by molar-refractivity contribution is -0.136. The summed E-state index contributed by atoms with van der Waals surface area (Å²) in [6.45, 7) is 0. The Bertz CT molecular complexity index is 251. The summed E-state index contributed by atoms with van der Waals surface area (Å²) in [5.74, 6) is -1.44. The number of ether oxygens (including phenoxy) is 1. The molecule has 0 aromatic rings. The summed E-state index contributed by atoms with van der Waals surface area (Å²) < 4.78 is 25.4. The van der Waals surface area contributed by atoms with E-state index in [1.165, 1.54) is 26.4 Å². The number of hydrogen-bond donors (Lipinski definition) is 0. The minimum Gasteiger partial charge on any atom is -0.442 e. The molecule has 1 heterocycles. The molecule has 1 aliphatic rings. The van der Waals surface area contributed by atoms with Crippen molar-refractivity contribution in [3.05, 3.63) is 12.2 Å². The number of rotatable bonds is 3. The van der Waals surface area contributed by atoms with Crippen LogP contribution in [-0.4, -0.2) is 26.0 Å². The van der Waals surface area contributed by atoms with Gasteiger partial charge in [-0.25, -0.2) is 4.79 Å². The Kier molecular flexibility index (Phi) is 2.67. The van der Waals surface area contributed by atoms with E-state index < -0.39 is 19.4 Å². The summed E-state index contributed by atoms with van der Waals surface area (Å²) in [4.78, 5) is 10.6. The van der Waals surface area contributed by atoms with Crippen molar-refractivity contribution < 1.29 is 23.1 Å². The van der Waals surface area contributed by atoms with Gasteiger partial charge in [0, 0.05) is 20.3 Å². The fraction of sp³-hybridized carbons (Fsp3) is 0.500. The molecular formula is C6H9O5P. The molecule has 0 saturated carbocycles. The van der Waals surface area contributed by atoms with E-state index in [0.717, 1.165) is 0 Å². The van der Waals surface area contributed by atoms with Gasteiger partial charge in [0.15, 0.2) is 0 Å². The summed E-state index contributed by atoms with van der Waals surface area (Å²) in [6.07, 6.45) is 2.55. The van der Waals surface area contributed by atoms with Crippen LogP contribution in [0.4, 0.5) is 0 Å². The Balaban J connectivity index is 2.76. The van der Waals surface area contributed by atoms with E-state index in [-0.39, 0.29) is 0 Å². The van der Waals surface area contributed by atoms with Crippen LogP contribution in [-0.2, 0) is 23.1 Å². The zero-order valence-electron chi connectivity index (χ0n) is 6.72. The zero-order valence-corrected chi connectivity index (χ0v) is 7.61. The first-order valence-electron chi connectivity index (χ1n) is 3.22. The van der Waals surface area contributed by atoms with Crippen LogP contribution in [0.3, 0.4) is 0 Å². The Morgan fingerprint density at radius 1 is 1.50 bits per heavy atom. The first kappa shape index (κ1) is 9.45. The van der Waals surface area contributed by atoms with Gasteiger partial charge in [0.2, 0.25) is 5.85 Å². The third-order valence-corrected chi connectivity index (χ3v) is 3.37. The summed E-state index contributed by atoms with van der Waals surface area (Å²) in [6, 6.07) is 0. The van der Waals surface area contributed by atoms with Crippen molar-refractivity contribution in [1.29, 1.82) is 0 Å². The quantitative estimate of drug-likeness (QED) is 0.491. The number of carbonyl (C=O) groups is 1. The average molecular weight is 192 g/mol. The lowest BCUT2D eigenvalue weighted by Crippen LogP contribution is -2.10. The smallest absolute Gasteiger partial charge is 0.374 e. The van der Waals surface area contributed by atoms with Gasteiger partial charge in [-0.1, -0.05) is 0 Å². The second-order valence-corrected chi connectivity index (χ2v) is 4.41. The van der Waals surface area contributed by atoms with Gasteiger partial charge in [0.05, 0.1) is 0 Å². The highest BCUT2D eigenvalue weighted by molar-refractivity contribution is 7.54. The van der Waals surface area contributed by atoms with Gasteiger partial charge in [-0.3, -0.25) is 4.57 Å². The molecule has 1 rings (SSSR count). The molecule has 1 unspecified atom stereocenters. The molecule has 1 atom stereocenters. The molecule has 68 valence electrons. The summed E-state index contributed by atoms with van der Waals surface area (Å²) in [5.41, 5.74) is 0. The van der Waals surface area contributed by atoms with Crippen LogP contribution < -0.4 is 0 Å². The first-order chi connectivity index (χ1) is 5.62. The Morgan fingerprint density at radius 2 is 2.08 bits per heavy atom. The Hall–Kier alpha value is -0.640.